The Bertz CT molecular complexity index is 1230. The molecule has 6 heteroatoms. The zero-order valence-corrected chi connectivity index (χ0v) is 16.0. The molecule has 1 atom stereocenters. The Morgan fingerprint density at radius 2 is 1.67 bits per heavy atom. The van der Waals surface area contributed by atoms with Crippen molar-refractivity contribution in [3.8, 4) is 0 Å². The van der Waals surface area contributed by atoms with Gasteiger partial charge in [-0.05, 0) is 35.4 Å². The monoisotopic (exact) mass is 398 g/mol. The maximum Gasteiger partial charge on any atom is 0.145 e. The average molecular weight is 398 g/mol. The van der Waals surface area contributed by atoms with Crippen LogP contribution in [0, 0.1) is 11.2 Å². The number of aromatic amines is 1. The molecule has 2 heterocycles. The molecule has 0 amide bonds. The van der Waals surface area contributed by atoms with Gasteiger partial charge in [-0.15, -0.1) is 0 Å². The number of amidine groups is 1. The smallest absolute Gasteiger partial charge is 0.145 e. The second-order valence-corrected chi connectivity index (χ2v) is 7.28. The molecule has 0 spiro atoms. The predicted molar refractivity (Wildman–Crippen MR) is 114 cm³/mol. The minimum Gasteiger partial charge on any atom is -0.509 e. The van der Waals surface area contributed by atoms with Crippen LogP contribution in [0.2, 0.25) is 0 Å². The summed E-state index contributed by atoms with van der Waals surface area (Å²) in [7, 11) is 0. The lowest BCUT2D eigenvalue weighted by atomic mass is 10.0. The van der Waals surface area contributed by atoms with E-state index in [9.17, 15) is 9.50 Å². The van der Waals surface area contributed by atoms with Crippen molar-refractivity contribution in [2.75, 3.05) is 0 Å². The summed E-state index contributed by atoms with van der Waals surface area (Å²) in [5.74, 6) is 0.400. The van der Waals surface area contributed by atoms with Gasteiger partial charge in [0.2, 0.25) is 0 Å². The maximum atomic E-state index is 13.3. The van der Waals surface area contributed by atoms with Crippen LogP contribution >= 0.6 is 0 Å². The van der Waals surface area contributed by atoms with E-state index < -0.39 is 6.04 Å². The van der Waals surface area contributed by atoms with Gasteiger partial charge in [-0.2, -0.15) is 0 Å². The number of nitrogens with zero attached hydrogens (tertiary/aromatic N) is 2. The van der Waals surface area contributed by atoms with Crippen LogP contribution in [-0.2, 0) is 6.54 Å². The van der Waals surface area contributed by atoms with Crippen molar-refractivity contribution in [2.45, 2.75) is 12.6 Å². The molecule has 0 bridgehead atoms. The van der Waals surface area contributed by atoms with Gasteiger partial charge in [-0.25, -0.2) is 9.37 Å². The van der Waals surface area contributed by atoms with Crippen LogP contribution in [0.15, 0.2) is 84.6 Å². The summed E-state index contributed by atoms with van der Waals surface area (Å²) in [6.45, 7) is 0.354. The van der Waals surface area contributed by atoms with Gasteiger partial charge in [0, 0.05) is 6.54 Å². The third-order valence-electron chi connectivity index (χ3n) is 5.36. The summed E-state index contributed by atoms with van der Waals surface area (Å²) in [6, 6.07) is 22.8. The first-order chi connectivity index (χ1) is 14.6. The molecular formula is C24H19FN4O. The summed E-state index contributed by atoms with van der Waals surface area (Å²) in [6.07, 6.45) is 0. The molecule has 30 heavy (non-hydrogen) atoms. The van der Waals surface area contributed by atoms with Crippen molar-refractivity contribution in [3.05, 3.63) is 107 Å². The summed E-state index contributed by atoms with van der Waals surface area (Å²) in [5, 5.41) is 20.1. The van der Waals surface area contributed by atoms with Crippen molar-refractivity contribution in [1.82, 2.24) is 14.9 Å². The molecule has 0 saturated carbocycles. The number of imidazole rings is 1. The van der Waals surface area contributed by atoms with Crippen LogP contribution in [-0.4, -0.2) is 25.8 Å². The number of aliphatic hydroxyl groups excluding tert-OH is 1. The quantitative estimate of drug-likeness (QED) is 0.442. The number of aromatic nitrogens is 2. The highest BCUT2D eigenvalue weighted by Gasteiger charge is 2.39. The molecule has 3 N–H and O–H groups in total. The van der Waals surface area contributed by atoms with E-state index in [0.717, 1.165) is 22.2 Å². The van der Waals surface area contributed by atoms with Crippen LogP contribution in [0.3, 0.4) is 0 Å². The molecule has 1 aliphatic heterocycles. The topological polar surface area (TPSA) is 76.0 Å². The van der Waals surface area contributed by atoms with Gasteiger partial charge in [-0.1, -0.05) is 54.6 Å². The van der Waals surface area contributed by atoms with Crippen molar-refractivity contribution in [3.63, 3.8) is 0 Å². The van der Waals surface area contributed by atoms with Crippen LogP contribution in [0.25, 0.3) is 16.6 Å². The van der Waals surface area contributed by atoms with Gasteiger partial charge in [0.15, 0.2) is 0 Å². The van der Waals surface area contributed by atoms with Crippen LogP contribution < -0.4 is 0 Å². The standard InChI is InChI=1S/C24H19FN4O/c25-17-12-10-15(11-13-17)14-29-21(16-6-2-1-3-7-16)22(30)20(23(29)26)24-27-18-8-4-5-9-19(18)28-24/h1-13,21,26,30H,14H2,(H,27,28)/t21-/m0/s1. The van der Waals surface area contributed by atoms with E-state index in [0.29, 0.717) is 17.9 Å². The van der Waals surface area contributed by atoms with E-state index >= 15 is 0 Å². The second kappa shape index (κ2) is 7.15. The van der Waals surface area contributed by atoms with E-state index in [1.807, 2.05) is 54.6 Å². The predicted octanol–water partition coefficient (Wildman–Crippen LogP) is 5.21. The number of fused-ring (bicyclic) bond motifs is 1. The second-order valence-electron chi connectivity index (χ2n) is 7.28. The fourth-order valence-corrected chi connectivity index (χ4v) is 3.91. The molecule has 0 saturated heterocycles. The van der Waals surface area contributed by atoms with Crippen LogP contribution in [0.4, 0.5) is 4.39 Å². The first kappa shape index (κ1) is 18.1. The highest BCUT2D eigenvalue weighted by Crippen LogP contribution is 2.41. The summed E-state index contributed by atoms with van der Waals surface area (Å²) >= 11 is 0. The molecule has 4 aromatic rings. The number of nitrogens with one attached hydrogen (secondary N) is 2. The highest BCUT2D eigenvalue weighted by molar-refractivity contribution is 6.23. The van der Waals surface area contributed by atoms with Gasteiger partial charge >= 0.3 is 0 Å². The molecule has 3 aromatic carbocycles. The van der Waals surface area contributed by atoms with Crippen molar-refractivity contribution in [1.29, 1.82) is 5.41 Å². The largest absolute Gasteiger partial charge is 0.509 e. The number of hydrogen-bond donors (Lipinski definition) is 3. The minimum atomic E-state index is -0.521. The maximum absolute atomic E-state index is 13.3. The van der Waals surface area contributed by atoms with Crippen molar-refractivity contribution in [2.24, 2.45) is 0 Å². The Kier molecular flexibility index (Phi) is 4.32. The first-order valence-corrected chi connectivity index (χ1v) is 9.65. The SMILES string of the molecule is N=C1C(c2nc3ccccc3[nH]2)=C(O)[C@H](c2ccccc2)N1Cc1ccc(F)cc1. The number of benzene rings is 3. The minimum absolute atomic E-state index is 0.0763. The molecule has 5 nitrogen and oxygen atoms in total. The molecule has 5 rings (SSSR count). The molecule has 0 fully saturated rings. The lowest BCUT2D eigenvalue weighted by molar-refractivity contribution is 0.270. The summed E-state index contributed by atoms with van der Waals surface area (Å²) in [5.41, 5.74) is 3.71. The van der Waals surface area contributed by atoms with E-state index in [1.165, 1.54) is 12.1 Å². The number of hydrogen-bond acceptors (Lipinski definition) is 3. The molecule has 1 aromatic heterocycles. The van der Waals surface area contributed by atoms with E-state index in [-0.39, 0.29) is 17.4 Å². The number of halogens is 1. The van der Waals surface area contributed by atoms with Gasteiger partial charge in [0.25, 0.3) is 0 Å². The Morgan fingerprint density at radius 3 is 2.40 bits per heavy atom. The van der Waals surface area contributed by atoms with E-state index in [4.69, 9.17) is 5.41 Å². The third kappa shape index (κ3) is 3.03. The molecule has 148 valence electrons. The third-order valence-corrected chi connectivity index (χ3v) is 5.36. The molecule has 0 radical (unpaired) electrons. The zero-order valence-electron chi connectivity index (χ0n) is 16.0. The lowest BCUT2D eigenvalue weighted by Gasteiger charge is -2.27. The average Bonchev–Trinajstić information content (AvgIpc) is 3.28. The lowest BCUT2D eigenvalue weighted by Crippen LogP contribution is -2.29. The van der Waals surface area contributed by atoms with Crippen molar-refractivity contribution < 1.29 is 9.50 Å². The highest BCUT2D eigenvalue weighted by atomic mass is 19.1. The fourth-order valence-electron chi connectivity index (χ4n) is 3.91. The zero-order chi connectivity index (χ0) is 20.7. The number of aliphatic hydroxyl groups is 1. The Morgan fingerprint density at radius 1 is 0.967 bits per heavy atom. The van der Waals surface area contributed by atoms with Gasteiger partial charge in [0.05, 0.1) is 16.6 Å². The molecule has 0 unspecified atom stereocenters. The summed E-state index contributed by atoms with van der Waals surface area (Å²) < 4.78 is 13.3. The van der Waals surface area contributed by atoms with Crippen LogP contribution in [0.5, 0.6) is 0 Å². The molecular weight excluding hydrogens is 379 g/mol. The fraction of sp³-hybridized carbons (Fsp3) is 0.0833. The van der Waals surface area contributed by atoms with Crippen molar-refractivity contribution >= 4 is 22.4 Å². The molecule has 0 aliphatic carbocycles. The Hall–Kier alpha value is -3.93. The van der Waals surface area contributed by atoms with Gasteiger partial charge in [-0.3, -0.25) is 5.41 Å². The van der Waals surface area contributed by atoms with Crippen LogP contribution in [0.1, 0.15) is 23.0 Å². The number of H-pyrrole nitrogens is 1. The van der Waals surface area contributed by atoms with Gasteiger partial charge < -0.3 is 15.0 Å². The summed E-state index contributed by atoms with van der Waals surface area (Å²) in [4.78, 5) is 9.61. The van der Waals surface area contributed by atoms with E-state index in [1.54, 1.807) is 17.0 Å². The Labute approximate surface area is 172 Å². The number of para-hydroxylation sites is 2. The first-order valence-electron chi connectivity index (χ1n) is 9.65. The van der Waals surface area contributed by atoms with Gasteiger partial charge in [0.1, 0.15) is 29.3 Å². The molecule has 1 aliphatic rings. The normalized spacial score (nSPS) is 16.6. The number of rotatable bonds is 4. The van der Waals surface area contributed by atoms with E-state index in [2.05, 4.69) is 9.97 Å². The Balaban J connectivity index is 1.60.